The maximum absolute atomic E-state index is 6.07. The third-order valence-electron chi connectivity index (χ3n) is 2.33. The van der Waals surface area contributed by atoms with Crippen molar-refractivity contribution < 1.29 is 4.74 Å². The largest absolute Gasteiger partial charge is 0.493 e. The first kappa shape index (κ1) is 12.2. The van der Waals surface area contributed by atoms with Crippen molar-refractivity contribution >= 4 is 28.1 Å². The molecule has 5 heteroatoms. The summed E-state index contributed by atoms with van der Waals surface area (Å²) in [6.45, 7) is 4.53. The number of hydrogen-bond acceptors (Lipinski definition) is 4. The molecule has 17 heavy (non-hydrogen) atoms. The number of anilines is 1. The predicted molar refractivity (Wildman–Crippen MR) is 72.9 cm³/mol. The minimum Gasteiger partial charge on any atom is -0.493 e. The van der Waals surface area contributed by atoms with Crippen molar-refractivity contribution in [2.24, 2.45) is 0 Å². The molecule has 0 aliphatic rings. The van der Waals surface area contributed by atoms with E-state index in [2.05, 4.69) is 4.98 Å². The highest BCUT2D eigenvalue weighted by Gasteiger charge is 2.13. The van der Waals surface area contributed by atoms with Crippen LogP contribution in [0.3, 0.4) is 0 Å². The summed E-state index contributed by atoms with van der Waals surface area (Å²) < 4.78 is 5.65. The molecule has 0 radical (unpaired) electrons. The third-order valence-corrected chi connectivity index (χ3v) is 3.22. The highest BCUT2D eigenvalue weighted by atomic mass is 35.5. The molecule has 0 atom stereocenters. The zero-order valence-corrected chi connectivity index (χ0v) is 11.2. The lowest BCUT2D eigenvalue weighted by atomic mass is 10.1. The van der Waals surface area contributed by atoms with Crippen LogP contribution in [0, 0.1) is 6.92 Å². The topological polar surface area (TPSA) is 48.1 Å². The van der Waals surface area contributed by atoms with E-state index in [9.17, 15) is 0 Å². The van der Waals surface area contributed by atoms with Crippen molar-refractivity contribution in [2.75, 3.05) is 12.3 Å². The van der Waals surface area contributed by atoms with E-state index < -0.39 is 0 Å². The Bertz CT molecular complexity index is 539. The van der Waals surface area contributed by atoms with Gasteiger partial charge in [0.2, 0.25) is 0 Å². The van der Waals surface area contributed by atoms with Crippen molar-refractivity contribution in [3.8, 4) is 17.0 Å². The standard InChI is InChI=1S/C12H13ClN2OS/c1-3-16-11-7(2)4-8(13)5-9(11)10-6-17-12(14)15-10/h4-6H,3H2,1-2H3,(H2,14,15). The van der Waals surface area contributed by atoms with Gasteiger partial charge < -0.3 is 10.5 Å². The lowest BCUT2D eigenvalue weighted by molar-refractivity contribution is 0.339. The number of nitrogen functional groups attached to an aromatic ring is 1. The van der Waals surface area contributed by atoms with Gasteiger partial charge in [0.1, 0.15) is 5.75 Å². The van der Waals surface area contributed by atoms with Gasteiger partial charge in [0.15, 0.2) is 5.13 Å². The fraction of sp³-hybridized carbons (Fsp3) is 0.250. The summed E-state index contributed by atoms with van der Waals surface area (Å²) >= 11 is 7.47. The molecule has 0 spiro atoms. The van der Waals surface area contributed by atoms with Gasteiger partial charge in [-0.3, -0.25) is 0 Å². The number of aromatic nitrogens is 1. The molecule has 0 aliphatic carbocycles. The SMILES string of the molecule is CCOc1c(C)cc(Cl)cc1-c1csc(N)n1. The van der Waals surface area contributed by atoms with Crippen LogP contribution >= 0.6 is 22.9 Å². The molecule has 0 aliphatic heterocycles. The van der Waals surface area contributed by atoms with Crippen molar-refractivity contribution in [3.63, 3.8) is 0 Å². The summed E-state index contributed by atoms with van der Waals surface area (Å²) in [5.74, 6) is 0.821. The second-order valence-electron chi connectivity index (χ2n) is 3.60. The molecule has 0 saturated carbocycles. The van der Waals surface area contributed by atoms with Crippen LogP contribution in [-0.4, -0.2) is 11.6 Å². The summed E-state index contributed by atoms with van der Waals surface area (Å²) in [7, 11) is 0. The van der Waals surface area contributed by atoms with Crippen LogP contribution in [0.15, 0.2) is 17.5 Å². The zero-order valence-electron chi connectivity index (χ0n) is 9.66. The van der Waals surface area contributed by atoms with E-state index in [-0.39, 0.29) is 0 Å². The molecule has 90 valence electrons. The first-order chi connectivity index (χ1) is 8.11. The van der Waals surface area contributed by atoms with Crippen LogP contribution in [0.25, 0.3) is 11.3 Å². The Labute approximate surface area is 109 Å². The second-order valence-corrected chi connectivity index (χ2v) is 4.93. The molecule has 2 rings (SSSR count). The summed E-state index contributed by atoms with van der Waals surface area (Å²) in [4.78, 5) is 4.26. The highest BCUT2D eigenvalue weighted by Crippen LogP contribution is 2.36. The normalized spacial score (nSPS) is 10.5. The van der Waals surface area contributed by atoms with E-state index >= 15 is 0 Å². The molecule has 1 heterocycles. The van der Waals surface area contributed by atoms with Gasteiger partial charge in [0.25, 0.3) is 0 Å². The average molecular weight is 269 g/mol. The molecule has 2 N–H and O–H groups in total. The number of thiazole rings is 1. The lowest BCUT2D eigenvalue weighted by Gasteiger charge is -2.12. The Morgan fingerprint density at radius 3 is 2.82 bits per heavy atom. The minimum atomic E-state index is 0.542. The van der Waals surface area contributed by atoms with Gasteiger partial charge in [-0.1, -0.05) is 11.6 Å². The zero-order chi connectivity index (χ0) is 12.4. The van der Waals surface area contributed by atoms with Crippen LogP contribution in [0.5, 0.6) is 5.75 Å². The van der Waals surface area contributed by atoms with Crippen molar-refractivity contribution in [1.29, 1.82) is 0 Å². The molecule has 2 aromatic rings. The molecule has 1 aromatic carbocycles. The second kappa shape index (κ2) is 4.94. The maximum atomic E-state index is 6.07. The van der Waals surface area contributed by atoms with Gasteiger partial charge in [-0.25, -0.2) is 4.98 Å². The van der Waals surface area contributed by atoms with Gasteiger partial charge in [0, 0.05) is 16.0 Å². The summed E-state index contributed by atoms with van der Waals surface area (Å²) in [5.41, 5.74) is 8.35. The molecule has 0 amide bonds. The van der Waals surface area contributed by atoms with Crippen LogP contribution in [0.1, 0.15) is 12.5 Å². The van der Waals surface area contributed by atoms with Gasteiger partial charge >= 0.3 is 0 Å². The van der Waals surface area contributed by atoms with E-state index in [1.807, 2.05) is 31.4 Å². The number of nitrogens with zero attached hydrogens (tertiary/aromatic N) is 1. The molecular weight excluding hydrogens is 256 g/mol. The minimum absolute atomic E-state index is 0.542. The molecule has 3 nitrogen and oxygen atoms in total. The number of ether oxygens (including phenoxy) is 1. The van der Waals surface area contributed by atoms with E-state index in [1.54, 1.807) is 0 Å². The van der Waals surface area contributed by atoms with Crippen LogP contribution in [0.4, 0.5) is 5.13 Å². The van der Waals surface area contributed by atoms with Crippen molar-refractivity contribution in [3.05, 3.63) is 28.1 Å². The lowest BCUT2D eigenvalue weighted by Crippen LogP contribution is -1.97. The molecular formula is C12H13ClN2OS. The average Bonchev–Trinajstić information content (AvgIpc) is 2.68. The number of hydrogen-bond donors (Lipinski definition) is 1. The van der Waals surface area contributed by atoms with E-state index in [0.29, 0.717) is 16.8 Å². The number of rotatable bonds is 3. The predicted octanol–water partition coefficient (Wildman–Crippen LogP) is 3.75. The molecule has 0 saturated heterocycles. The Hall–Kier alpha value is -1.26. The Morgan fingerprint density at radius 2 is 2.24 bits per heavy atom. The fourth-order valence-electron chi connectivity index (χ4n) is 1.67. The van der Waals surface area contributed by atoms with Gasteiger partial charge in [-0.2, -0.15) is 0 Å². The van der Waals surface area contributed by atoms with Crippen LogP contribution in [-0.2, 0) is 0 Å². The summed E-state index contributed by atoms with van der Waals surface area (Å²) in [6, 6.07) is 3.74. The number of benzene rings is 1. The maximum Gasteiger partial charge on any atom is 0.180 e. The summed E-state index contributed by atoms with van der Waals surface area (Å²) in [6.07, 6.45) is 0. The Kier molecular flexibility index (Phi) is 3.54. The van der Waals surface area contributed by atoms with Crippen LogP contribution in [0.2, 0.25) is 5.02 Å². The quantitative estimate of drug-likeness (QED) is 0.922. The molecule has 0 fully saturated rings. The van der Waals surface area contributed by atoms with Crippen LogP contribution < -0.4 is 10.5 Å². The fourth-order valence-corrected chi connectivity index (χ4v) is 2.50. The first-order valence-electron chi connectivity index (χ1n) is 5.26. The highest BCUT2D eigenvalue weighted by molar-refractivity contribution is 7.13. The van der Waals surface area contributed by atoms with Crippen molar-refractivity contribution in [1.82, 2.24) is 4.98 Å². The van der Waals surface area contributed by atoms with E-state index in [0.717, 1.165) is 22.6 Å². The molecule has 0 unspecified atom stereocenters. The Balaban J connectivity index is 2.58. The molecule has 0 bridgehead atoms. The monoisotopic (exact) mass is 268 g/mol. The van der Waals surface area contributed by atoms with Gasteiger partial charge in [-0.15, -0.1) is 11.3 Å². The van der Waals surface area contributed by atoms with Gasteiger partial charge in [-0.05, 0) is 31.5 Å². The number of halogens is 1. The van der Waals surface area contributed by atoms with Gasteiger partial charge in [0.05, 0.1) is 12.3 Å². The third kappa shape index (κ3) is 2.53. The smallest absolute Gasteiger partial charge is 0.180 e. The first-order valence-corrected chi connectivity index (χ1v) is 6.52. The number of aryl methyl sites for hydroxylation is 1. The Morgan fingerprint density at radius 1 is 1.47 bits per heavy atom. The summed E-state index contributed by atoms with van der Waals surface area (Å²) in [5, 5.41) is 3.12. The van der Waals surface area contributed by atoms with Crippen molar-refractivity contribution in [2.45, 2.75) is 13.8 Å². The van der Waals surface area contributed by atoms with E-state index in [1.165, 1.54) is 11.3 Å². The van der Waals surface area contributed by atoms with E-state index in [4.69, 9.17) is 22.1 Å². The molecule has 1 aromatic heterocycles. The number of nitrogens with two attached hydrogens (primary N) is 1.